The van der Waals surface area contributed by atoms with Gasteiger partial charge in [0, 0.05) is 31.7 Å². The third-order valence-electron chi connectivity index (χ3n) is 13.3. The van der Waals surface area contributed by atoms with E-state index in [0.29, 0.717) is 16.7 Å². The Labute approximate surface area is 353 Å². The number of carbonyl (C=O) groups is 6. The molecule has 0 spiro atoms. The van der Waals surface area contributed by atoms with Crippen molar-refractivity contribution in [2.75, 3.05) is 6.61 Å². The summed E-state index contributed by atoms with van der Waals surface area (Å²) >= 11 is 0. The van der Waals surface area contributed by atoms with Crippen molar-refractivity contribution in [1.82, 2.24) is 5.32 Å². The summed E-state index contributed by atoms with van der Waals surface area (Å²) in [6.07, 6.45) is -8.64. The number of esters is 4. The van der Waals surface area contributed by atoms with E-state index >= 15 is 4.79 Å². The standard InChI is InChI=1S/C47H51NO13/c1-25-32(59-44(56)37(52)36(28-16-10-7-11-17-28)48-42(54)29-18-12-8-13-19-29)22-31-38(60-43(55)30-20-14-9-15-21-30)40-46(6,33(51)23-34-47(40,24-57-34)61-27(3)50)41(53)39(58-26(2)49)35(25)45(31,4)5/h7-21,31-34,36-40,51-52H,22-24H2,1-6H3,(H,48,54)/t31?,32-,33-,34?,36-,37+,38?,39+,40?,46+,47-/m0/s1. The van der Waals surface area contributed by atoms with Gasteiger partial charge in [-0.3, -0.25) is 19.2 Å². The van der Waals surface area contributed by atoms with Crippen molar-refractivity contribution in [3.05, 3.63) is 119 Å². The first-order chi connectivity index (χ1) is 28.9. The second-order valence-corrected chi connectivity index (χ2v) is 17.2. The van der Waals surface area contributed by atoms with E-state index in [-0.39, 0.29) is 30.6 Å². The van der Waals surface area contributed by atoms with Crippen LogP contribution in [0.25, 0.3) is 0 Å². The number of amides is 1. The second-order valence-electron chi connectivity index (χ2n) is 17.2. The van der Waals surface area contributed by atoms with E-state index in [9.17, 15) is 34.2 Å². The molecule has 3 aliphatic carbocycles. The lowest BCUT2D eigenvalue weighted by Crippen LogP contribution is -2.79. The van der Waals surface area contributed by atoms with Crippen LogP contribution in [0.1, 0.15) is 86.7 Å². The Balaban J connectivity index is 1.36. The largest absolute Gasteiger partial charge is 0.458 e. The van der Waals surface area contributed by atoms with Gasteiger partial charge in [0.25, 0.3) is 5.91 Å². The average molecular weight is 838 g/mol. The molecule has 0 radical (unpaired) electrons. The predicted molar refractivity (Wildman–Crippen MR) is 216 cm³/mol. The van der Waals surface area contributed by atoms with Gasteiger partial charge in [0.2, 0.25) is 0 Å². The quantitative estimate of drug-likeness (QED) is 0.145. The minimum Gasteiger partial charge on any atom is -0.458 e. The van der Waals surface area contributed by atoms with Crippen molar-refractivity contribution < 1.29 is 62.7 Å². The molecule has 1 saturated heterocycles. The van der Waals surface area contributed by atoms with E-state index in [0.717, 1.165) is 6.92 Å². The van der Waals surface area contributed by atoms with E-state index in [1.807, 2.05) is 0 Å². The highest BCUT2D eigenvalue weighted by molar-refractivity contribution is 5.96. The van der Waals surface area contributed by atoms with Gasteiger partial charge < -0.3 is 39.2 Å². The molecule has 4 aliphatic rings. The van der Waals surface area contributed by atoms with Gasteiger partial charge in [-0.1, -0.05) is 80.6 Å². The molecule has 1 aliphatic heterocycles. The maximum absolute atomic E-state index is 15.5. The lowest BCUT2D eigenvalue weighted by molar-refractivity contribution is -0.335. The number of hydrogen-bond donors (Lipinski definition) is 3. The summed E-state index contributed by atoms with van der Waals surface area (Å²) in [5.74, 6) is -6.83. The molecule has 14 heteroatoms. The third kappa shape index (κ3) is 7.65. The summed E-state index contributed by atoms with van der Waals surface area (Å²) in [4.78, 5) is 83.3. The van der Waals surface area contributed by atoms with Crippen LogP contribution in [0, 0.1) is 22.7 Å². The molecule has 2 saturated carbocycles. The van der Waals surface area contributed by atoms with Crippen LogP contribution >= 0.6 is 0 Å². The summed E-state index contributed by atoms with van der Waals surface area (Å²) in [5, 5.41) is 26.6. The highest BCUT2D eigenvalue weighted by Crippen LogP contribution is 2.63. The van der Waals surface area contributed by atoms with Crippen LogP contribution < -0.4 is 5.32 Å². The lowest BCUT2D eigenvalue weighted by Gasteiger charge is -2.66. The lowest BCUT2D eigenvalue weighted by atomic mass is 9.46. The van der Waals surface area contributed by atoms with Gasteiger partial charge in [-0.15, -0.1) is 0 Å². The number of aliphatic hydroxyl groups is 2. The first-order valence-electron chi connectivity index (χ1n) is 20.4. The number of hydrogen-bond acceptors (Lipinski definition) is 13. The fourth-order valence-electron chi connectivity index (χ4n) is 10.3. The average Bonchev–Trinajstić information content (AvgIpc) is 3.23. The van der Waals surface area contributed by atoms with Crippen molar-refractivity contribution in [3.8, 4) is 0 Å². The van der Waals surface area contributed by atoms with Crippen LogP contribution in [-0.4, -0.2) is 94.6 Å². The monoisotopic (exact) mass is 837 g/mol. The van der Waals surface area contributed by atoms with Crippen LogP contribution in [0.3, 0.4) is 0 Å². The topological polar surface area (TPSA) is 201 Å². The van der Waals surface area contributed by atoms with Gasteiger partial charge >= 0.3 is 23.9 Å². The van der Waals surface area contributed by atoms with Crippen molar-refractivity contribution >= 4 is 35.6 Å². The minimum absolute atomic E-state index is 0.0642. The summed E-state index contributed by atoms with van der Waals surface area (Å²) in [6, 6.07) is 23.6. The molecular formula is C47H51NO13. The number of ether oxygens (including phenoxy) is 5. The molecule has 1 amide bonds. The summed E-state index contributed by atoms with van der Waals surface area (Å²) in [6.45, 7) is 8.91. The Hall–Kier alpha value is -5.70. The van der Waals surface area contributed by atoms with E-state index < -0.39 is 107 Å². The van der Waals surface area contributed by atoms with Gasteiger partial charge in [0.05, 0.1) is 35.6 Å². The first-order valence-corrected chi connectivity index (χ1v) is 20.4. The molecule has 322 valence electrons. The molecule has 3 aromatic rings. The molecule has 1 heterocycles. The molecule has 3 aromatic carbocycles. The number of benzene rings is 3. The SMILES string of the molecule is CC(=O)O[C@H]1C(=O)[C@@]2(C)C(C(OC(=O)c3ccccc3)C3C[C@H](OC(=O)[C@H](O)[C@@H](NC(=O)c4ccccc4)c4ccccc4)C(C)=C1C3(C)C)[C@]1(OC(C)=O)COC1C[C@@H]2O. The Bertz CT molecular complexity index is 2230. The van der Waals surface area contributed by atoms with Crippen LogP contribution in [0.4, 0.5) is 0 Å². The van der Waals surface area contributed by atoms with Crippen LogP contribution in [0.15, 0.2) is 102 Å². The van der Waals surface area contributed by atoms with Crippen molar-refractivity contribution in [2.45, 2.75) is 103 Å². The van der Waals surface area contributed by atoms with Crippen LogP contribution in [0.2, 0.25) is 0 Å². The summed E-state index contributed by atoms with van der Waals surface area (Å²) in [7, 11) is 0. The zero-order chi connectivity index (χ0) is 44.0. The van der Waals surface area contributed by atoms with Gasteiger partial charge in [0.1, 0.15) is 18.3 Å². The normalized spacial score (nSPS) is 31.0. The fraction of sp³-hybridized carbons (Fsp3) is 0.447. The van der Waals surface area contributed by atoms with E-state index in [1.165, 1.54) is 13.8 Å². The number of ketones is 1. The van der Waals surface area contributed by atoms with Gasteiger partial charge in [-0.2, -0.15) is 0 Å². The van der Waals surface area contributed by atoms with E-state index in [2.05, 4.69) is 5.32 Å². The molecule has 61 heavy (non-hydrogen) atoms. The van der Waals surface area contributed by atoms with Crippen LogP contribution in [0.5, 0.6) is 0 Å². The number of nitrogens with one attached hydrogen (secondary N) is 1. The smallest absolute Gasteiger partial charge is 0.338 e. The Kier molecular flexibility index (Phi) is 11.8. The molecule has 3 N–H and O–H groups in total. The van der Waals surface area contributed by atoms with Crippen molar-refractivity contribution in [3.63, 3.8) is 0 Å². The predicted octanol–water partition coefficient (Wildman–Crippen LogP) is 4.62. The molecule has 14 nitrogen and oxygen atoms in total. The Morgan fingerprint density at radius 1 is 0.803 bits per heavy atom. The summed E-state index contributed by atoms with van der Waals surface area (Å²) in [5.41, 5.74) is -3.12. The highest BCUT2D eigenvalue weighted by Gasteiger charge is 2.75. The molecule has 11 atom stereocenters. The van der Waals surface area contributed by atoms with Gasteiger partial charge in [-0.05, 0) is 66.7 Å². The zero-order valence-electron chi connectivity index (χ0n) is 34.9. The maximum atomic E-state index is 15.5. The maximum Gasteiger partial charge on any atom is 0.338 e. The minimum atomic E-state index is -1.94. The van der Waals surface area contributed by atoms with Gasteiger partial charge in [0.15, 0.2) is 23.6 Å². The van der Waals surface area contributed by atoms with E-state index in [4.69, 9.17) is 23.7 Å². The molecule has 3 fully saturated rings. The highest BCUT2D eigenvalue weighted by atomic mass is 16.6. The van der Waals surface area contributed by atoms with E-state index in [1.54, 1.807) is 112 Å². The molecule has 7 rings (SSSR count). The Morgan fingerprint density at radius 2 is 1.39 bits per heavy atom. The number of aliphatic hydroxyl groups excluding tert-OH is 2. The van der Waals surface area contributed by atoms with Crippen LogP contribution in [-0.2, 0) is 42.9 Å². The third-order valence-corrected chi connectivity index (χ3v) is 13.3. The molecular weight excluding hydrogens is 787 g/mol. The molecule has 4 unspecified atom stereocenters. The number of rotatable bonds is 10. The fourth-order valence-corrected chi connectivity index (χ4v) is 10.3. The molecule has 2 bridgehead atoms. The number of fused-ring (bicyclic) bond motifs is 5. The van der Waals surface area contributed by atoms with Gasteiger partial charge in [-0.25, -0.2) is 9.59 Å². The zero-order valence-corrected chi connectivity index (χ0v) is 34.9. The molecule has 0 aromatic heterocycles. The first kappa shape index (κ1) is 43.4. The van der Waals surface area contributed by atoms with Crippen molar-refractivity contribution in [2.24, 2.45) is 22.7 Å². The number of carbonyl (C=O) groups excluding carboxylic acids is 6. The number of Topliss-reactive ketones (excluding diaryl/α,β-unsaturated/α-hetero) is 1. The Morgan fingerprint density at radius 3 is 1.95 bits per heavy atom. The second kappa shape index (κ2) is 16.6. The van der Waals surface area contributed by atoms with Crippen molar-refractivity contribution in [1.29, 1.82) is 0 Å². The summed E-state index contributed by atoms with van der Waals surface area (Å²) < 4.78 is 30.7.